The number of carbonyl (C=O) groups excluding carboxylic acids is 1. The van der Waals surface area contributed by atoms with Crippen molar-refractivity contribution in [3.63, 3.8) is 0 Å². The van der Waals surface area contributed by atoms with Crippen molar-refractivity contribution in [2.75, 3.05) is 6.54 Å². The van der Waals surface area contributed by atoms with Crippen molar-refractivity contribution >= 4 is 22.4 Å². The van der Waals surface area contributed by atoms with Crippen molar-refractivity contribution in [3.8, 4) is 5.75 Å². The van der Waals surface area contributed by atoms with Crippen LogP contribution in [-0.2, 0) is 15.3 Å². The van der Waals surface area contributed by atoms with E-state index in [1.807, 2.05) is 0 Å². The molecule has 0 spiro atoms. The molecule has 0 saturated heterocycles. The lowest BCUT2D eigenvalue weighted by Crippen LogP contribution is -2.44. The number of hydrogen-bond acceptors (Lipinski definition) is 6. The zero-order valence-corrected chi connectivity index (χ0v) is 13.8. The van der Waals surface area contributed by atoms with E-state index in [4.69, 9.17) is 10.8 Å². The van der Waals surface area contributed by atoms with Gasteiger partial charge in [0.2, 0.25) is 0 Å². The molecule has 0 aliphatic heterocycles. The van der Waals surface area contributed by atoms with Gasteiger partial charge in [0.05, 0.1) is 0 Å². The van der Waals surface area contributed by atoms with Gasteiger partial charge < -0.3 is 20.3 Å². The van der Waals surface area contributed by atoms with E-state index in [0.717, 1.165) is 12.1 Å². The van der Waals surface area contributed by atoms with Crippen LogP contribution in [0.5, 0.6) is 5.75 Å². The quantitative estimate of drug-likeness (QED) is 0.440. The number of nitrogens with one attached hydrogen (secondary N) is 1. The van der Waals surface area contributed by atoms with Crippen LogP contribution in [0.15, 0.2) is 24.3 Å². The van der Waals surface area contributed by atoms with Gasteiger partial charge in [-0.25, -0.2) is 0 Å². The van der Waals surface area contributed by atoms with Crippen LogP contribution in [-0.4, -0.2) is 37.5 Å². The zero-order chi connectivity index (χ0) is 18.4. The third-order valence-corrected chi connectivity index (χ3v) is 3.60. The van der Waals surface area contributed by atoms with Gasteiger partial charge in [0, 0.05) is 12.1 Å². The summed E-state index contributed by atoms with van der Waals surface area (Å²) in [7, 11) is -5.10. The van der Waals surface area contributed by atoms with Crippen LogP contribution < -0.4 is 15.2 Å². The van der Waals surface area contributed by atoms with Crippen LogP contribution in [0.4, 0.5) is 3.89 Å². The molecule has 0 fully saturated rings. The summed E-state index contributed by atoms with van der Waals surface area (Å²) in [6, 6.07) is 4.88. The Kier molecular flexibility index (Phi) is 6.67. The maximum atomic E-state index is 12.3. The summed E-state index contributed by atoms with van der Waals surface area (Å²) >= 11 is 0. The first-order valence-electron chi connectivity index (χ1n) is 7.06. The summed E-state index contributed by atoms with van der Waals surface area (Å²) < 4.78 is 37.0. The second-order valence-electron chi connectivity index (χ2n) is 5.44. The minimum atomic E-state index is -5.10. The molecule has 0 aromatic heterocycles. The van der Waals surface area contributed by atoms with Crippen LogP contribution >= 0.6 is 0 Å². The summed E-state index contributed by atoms with van der Waals surface area (Å²) in [4.78, 5) is 22.7. The van der Waals surface area contributed by atoms with Gasteiger partial charge in [-0.3, -0.25) is 9.59 Å². The lowest BCUT2D eigenvalue weighted by molar-refractivity contribution is -0.142. The number of amides is 1. The van der Waals surface area contributed by atoms with Crippen LogP contribution in [0, 0.1) is 0 Å². The molecule has 0 aliphatic carbocycles. The predicted octanol–water partition coefficient (Wildman–Crippen LogP) is 0.982. The number of carbonyl (C=O) groups is 2. The molecule has 1 rings (SSSR count). The van der Waals surface area contributed by atoms with Crippen LogP contribution in [0.3, 0.4) is 0 Å². The number of unbranched alkanes of at least 4 members (excludes halogenated alkanes) is 1. The molecule has 8 nitrogen and oxygen atoms in total. The molecule has 24 heavy (non-hydrogen) atoms. The first-order valence-corrected chi connectivity index (χ1v) is 8.37. The second-order valence-corrected chi connectivity index (χ2v) is 6.39. The Morgan fingerprint density at radius 3 is 2.38 bits per heavy atom. The third-order valence-electron chi connectivity index (χ3n) is 3.21. The van der Waals surface area contributed by atoms with E-state index in [1.165, 1.54) is 19.1 Å². The number of carboxylic acid groups (broad SMARTS) is 1. The molecule has 1 aromatic carbocycles. The number of rotatable bonds is 9. The van der Waals surface area contributed by atoms with Gasteiger partial charge in [-0.05, 0) is 50.5 Å². The van der Waals surface area contributed by atoms with Crippen LogP contribution in [0.2, 0.25) is 0 Å². The lowest BCUT2D eigenvalue weighted by Gasteiger charge is -2.18. The Bertz CT molecular complexity index is 688. The Labute approximate surface area is 139 Å². The molecule has 1 amide bonds. The maximum Gasteiger partial charge on any atom is 0.488 e. The fourth-order valence-corrected chi connectivity index (χ4v) is 2.15. The Balaban J connectivity index is 2.39. The fraction of sp³-hybridized carbons (Fsp3) is 0.429. The number of benzene rings is 1. The van der Waals surface area contributed by atoms with Gasteiger partial charge in [-0.15, -0.1) is 0 Å². The van der Waals surface area contributed by atoms with Gasteiger partial charge in [0.15, 0.2) is 0 Å². The largest absolute Gasteiger partial charge is 0.488 e. The van der Waals surface area contributed by atoms with E-state index in [1.54, 1.807) is 0 Å². The standard InChI is InChI=1S/C14H19FN2O6S/c1-14(16,13(19)20)8-2-3-9-17-12(18)10-4-6-11(7-5-10)23-24(15,21)22/h4-7H,2-3,8-9,16H2,1H3,(H,17,18)(H,19,20)/t14-/m0/s1. The Morgan fingerprint density at radius 2 is 1.88 bits per heavy atom. The minimum Gasteiger partial charge on any atom is -0.480 e. The van der Waals surface area contributed by atoms with Crippen molar-refractivity contribution in [2.24, 2.45) is 5.73 Å². The van der Waals surface area contributed by atoms with Gasteiger partial charge in [-0.1, -0.05) is 3.89 Å². The summed E-state index contributed by atoms with van der Waals surface area (Å²) in [5.74, 6) is -1.73. The maximum absolute atomic E-state index is 12.3. The number of halogens is 1. The lowest BCUT2D eigenvalue weighted by atomic mass is 9.96. The molecule has 10 heteroatoms. The van der Waals surface area contributed by atoms with Gasteiger partial charge in [0.1, 0.15) is 11.3 Å². The van der Waals surface area contributed by atoms with Gasteiger partial charge in [0.25, 0.3) is 5.91 Å². The topological polar surface area (TPSA) is 136 Å². The molecule has 134 valence electrons. The highest BCUT2D eigenvalue weighted by atomic mass is 32.3. The van der Waals surface area contributed by atoms with E-state index in [0.29, 0.717) is 19.4 Å². The highest BCUT2D eigenvalue weighted by Crippen LogP contribution is 2.15. The summed E-state index contributed by atoms with van der Waals surface area (Å²) in [6.07, 6.45) is 1.36. The normalized spacial score (nSPS) is 13.8. The summed E-state index contributed by atoms with van der Waals surface area (Å²) in [5, 5.41) is 11.5. The number of carboxylic acids is 1. The van der Waals surface area contributed by atoms with Crippen LogP contribution in [0.25, 0.3) is 0 Å². The third kappa shape index (κ3) is 6.92. The first kappa shape index (κ1) is 19.8. The molecule has 1 aromatic rings. The molecule has 0 heterocycles. The molecule has 0 saturated carbocycles. The highest BCUT2D eigenvalue weighted by Gasteiger charge is 2.26. The van der Waals surface area contributed by atoms with E-state index < -0.39 is 27.9 Å². The number of nitrogens with two attached hydrogens (primary N) is 1. The van der Waals surface area contributed by atoms with Crippen LogP contribution in [0.1, 0.15) is 36.5 Å². The molecule has 0 bridgehead atoms. The predicted molar refractivity (Wildman–Crippen MR) is 83.5 cm³/mol. The summed E-state index contributed by atoms with van der Waals surface area (Å²) in [5.41, 5.74) is 4.53. The molecule has 0 aliphatic rings. The Hall–Kier alpha value is -2.20. The van der Waals surface area contributed by atoms with E-state index in [2.05, 4.69) is 9.50 Å². The van der Waals surface area contributed by atoms with E-state index in [9.17, 15) is 21.9 Å². The monoisotopic (exact) mass is 362 g/mol. The average Bonchev–Trinajstić information content (AvgIpc) is 2.45. The zero-order valence-electron chi connectivity index (χ0n) is 13.0. The molecular formula is C14H19FN2O6S. The second kappa shape index (κ2) is 8.06. The van der Waals surface area contributed by atoms with Crippen molar-refractivity contribution in [2.45, 2.75) is 31.7 Å². The summed E-state index contributed by atoms with van der Waals surface area (Å²) in [6.45, 7) is 1.75. The number of hydrogen-bond donors (Lipinski definition) is 3. The SMILES string of the molecule is C[C@](N)(CCCCNC(=O)c1ccc(OS(=O)(=O)F)cc1)C(=O)O. The van der Waals surface area contributed by atoms with Crippen molar-refractivity contribution in [1.82, 2.24) is 5.32 Å². The van der Waals surface area contributed by atoms with E-state index >= 15 is 0 Å². The molecule has 0 radical (unpaired) electrons. The molecule has 4 N–H and O–H groups in total. The smallest absolute Gasteiger partial charge is 0.480 e. The molecule has 0 unspecified atom stereocenters. The first-order chi connectivity index (χ1) is 11.0. The number of aliphatic carboxylic acids is 1. The highest BCUT2D eigenvalue weighted by molar-refractivity contribution is 7.81. The average molecular weight is 362 g/mol. The molecule has 1 atom stereocenters. The van der Waals surface area contributed by atoms with Crippen molar-refractivity contribution < 1.29 is 31.2 Å². The minimum absolute atomic E-state index is 0.243. The van der Waals surface area contributed by atoms with Gasteiger partial charge >= 0.3 is 16.5 Å². The van der Waals surface area contributed by atoms with Crippen molar-refractivity contribution in [3.05, 3.63) is 29.8 Å². The molecular weight excluding hydrogens is 343 g/mol. The van der Waals surface area contributed by atoms with Crippen molar-refractivity contribution in [1.29, 1.82) is 0 Å². The van der Waals surface area contributed by atoms with Gasteiger partial charge in [-0.2, -0.15) is 8.42 Å². The van der Waals surface area contributed by atoms with E-state index in [-0.39, 0.29) is 17.7 Å². The Morgan fingerprint density at radius 1 is 1.29 bits per heavy atom. The fourth-order valence-electron chi connectivity index (χ4n) is 1.80.